The van der Waals surface area contributed by atoms with E-state index < -0.39 is 0 Å². The zero-order valence-electron chi connectivity index (χ0n) is 11.6. The number of aromatic nitrogens is 1. The van der Waals surface area contributed by atoms with Gasteiger partial charge in [0, 0.05) is 30.9 Å². The van der Waals surface area contributed by atoms with E-state index in [9.17, 15) is 0 Å². The van der Waals surface area contributed by atoms with Crippen LogP contribution in [0.2, 0.25) is 0 Å². The fourth-order valence-electron chi connectivity index (χ4n) is 2.81. The molecule has 2 atom stereocenters. The van der Waals surface area contributed by atoms with E-state index in [-0.39, 0.29) is 6.04 Å². The van der Waals surface area contributed by atoms with Gasteiger partial charge < -0.3 is 10.6 Å². The van der Waals surface area contributed by atoms with E-state index in [0.717, 1.165) is 24.8 Å². The fourth-order valence-corrected chi connectivity index (χ4v) is 2.81. The first kappa shape index (κ1) is 13.3. The van der Waals surface area contributed by atoms with Gasteiger partial charge in [0.15, 0.2) is 0 Å². The summed E-state index contributed by atoms with van der Waals surface area (Å²) in [4.78, 5) is 6.99. The van der Waals surface area contributed by atoms with E-state index in [1.54, 1.807) is 0 Å². The Balaban J connectivity index is 2.16. The van der Waals surface area contributed by atoms with Crippen molar-refractivity contribution in [1.29, 1.82) is 0 Å². The van der Waals surface area contributed by atoms with Gasteiger partial charge in [0.25, 0.3) is 0 Å². The maximum Gasteiger partial charge on any atom is 0.133 e. The third-order valence-electron chi connectivity index (χ3n) is 4.03. The molecule has 1 fully saturated rings. The second-order valence-electron chi connectivity index (χ2n) is 5.40. The van der Waals surface area contributed by atoms with Gasteiger partial charge in [0.1, 0.15) is 5.82 Å². The molecule has 0 aromatic carbocycles. The van der Waals surface area contributed by atoms with Crippen LogP contribution in [-0.4, -0.2) is 18.1 Å². The van der Waals surface area contributed by atoms with Crippen LogP contribution in [0.4, 0.5) is 5.82 Å². The van der Waals surface area contributed by atoms with Crippen molar-refractivity contribution in [3.63, 3.8) is 0 Å². The normalized spacial score (nSPS) is 22.6. The van der Waals surface area contributed by atoms with E-state index in [2.05, 4.69) is 22.9 Å². The average molecular weight is 247 g/mol. The molecule has 0 saturated carbocycles. The third kappa shape index (κ3) is 3.02. The molecule has 2 heterocycles. The quantitative estimate of drug-likeness (QED) is 0.892. The minimum Gasteiger partial charge on any atom is -0.356 e. The average Bonchev–Trinajstić information content (AvgIpc) is 2.63. The summed E-state index contributed by atoms with van der Waals surface area (Å²) >= 11 is 0. The summed E-state index contributed by atoms with van der Waals surface area (Å²) in [5, 5.41) is 0. The molecule has 3 nitrogen and oxygen atoms in total. The van der Waals surface area contributed by atoms with Crippen LogP contribution in [0.1, 0.15) is 51.1 Å². The number of hydrogen-bond acceptors (Lipinski definition) is 3. The van der Waals surface area contributed by atoms with Crippen LogP contribution in [0, 0.1) is 5.92 Å². The van der Waals surface area contributed by atoms with Crippen LogP contribution in [0.25, 0.3) is 0 Å². The third-order valence-corrected chi connectivity index (χ3v) is 4.03. The lowest BCUT2D eigenvalue weighted by Crippen LogP contribution is -2.27. The van der Waals surface area contributed by atoms with Gasteiger partial charge in [0.2, 0.25) is 0 Å². The molecule has 2 N–H and O–H groups in total. The van der Waals surface area contributed by atoms with E-state index in [4.69, 9.17) is 5.73 Å². The molecular weight excluding hydrogens is 222 g/mol. The van der Waals surface area contributed by atoms with Gasteiger partial charge in [-0.2, -0.15) is 0 Å². The van der Waals surface area contributed by atoms with Crippen LogP contribution < -0.4 is 10.6 Å². The SMILES string of the molecule is CCC1CCCN(c2ncccc2[C@H](C)N)CC1. The van der Waals surface area contributed by atoms with E-state index in [0.29, 0.717) is 0 Å². The first-order valence-corrected chi connectivity index (χ1v) is 7.17. The summed E-state index contributed by atoms with van der Waals surface area (Å²) in [6.45, 7) is 6.57. The standard InChI is InChI=1S/C15H25N3/c1-3-13-6-5-10-18(11-8-13)15-14(12(2)16)7-4-9-17-15/h4,7,9,12-13H,3,5-6,8,10-11,16H2,1-2H3/t12-,13?/m0/s1. The molecule has 1 aromatic heterocycles. The Kier molecular flexibility index (Phi) is 4.59. The highest BCUT2D eigenvalue weighted by Gasteiger charge is 2.19. The van der Waals surface area contributed by atoms with Gasteiger partial charge in [-0.15, -0.1) is 0 Å². The molecule has 1 aliphatic heterocycles. The van der Waals surface area contributed by atoms with Gasteiger partial charge in [-0.05, 0) is 38.2 Å². The molecule has 3 heteroatoms. The van der Waals surface area contributed by atoms with Gasteiger partial charge in [0.05, 0.1) is 0 Å². The van der Waals surface area contributed by atoms with Crippen molar-refractivity contribution in [2.24, 2.45) is 11.7 Å². The van der Waals surface area contributed by atoms with Crippen molar-refractivity contribution >= 4 is 5.82 Å². The number of nitrogens with two attached hydrogens (primary N) is 1. The number of pyridine rings is 1. The maximum absolute atomic E-state index is 6.05. The smallest absolute Gasteiger partial charge is 0.133 e. The van der Waals surface area contributed by atoms with Crippen LogP contribution in [0.3, 0.4) is 0 Å². The van der Waals surface area contributed by atoms with Crippen molar-refractivity contribution in [1.82, 2.24) is 4.98 Å². The predicted molar refractivity (Wildman–Crippen MR) is 76.7 cm³/mol. The number of anilines is 1. The Morgan fingerprint density at radius 3 is 3.00 bits per heavy atom. The van der Waals surface area contributed by atoms with Crippen molar-refractivity contribution in [2.45, 2.75) is 45.6 Å². The lowest BCUT2D eigenvalue weighted by atomic mass is 9.98. The van der Waals surface area contributed by atoms with Crippen LogP contribution in [-0.2, 0) is 0 Å². The van der Waals surface area contributed by atoms with Crippen molar-refractivity contribution in [2.75, 3.05) is 18.0 Å². The van der Waals surface area contributed by atoms with Crippen LogP contribution >= 0.6 is 0 Å². The summed E-state index contributed by atoms with van der Waals surface area (Å²) in [6.07, 6.45) is 7.09. The van der Waals surface area contributed by atoms with E-state index in [1.165, 1.54) is 31.2 Å². The van der Waals surface area contributed by atoms with Crippen molar-refractivity contribution < 1.29 is 0 Å². The molecule has 1 saturated heterocycles. The summed E-state index contributed by atoms with van der Waals surface area (Å²) in [5.41, 5.74) is 7.22. The molecule has 1 aliphatic rings. The fraction of sp³-hybridized carbons (Fsp3) is 0.667. The lowest BCUT2D eigenvalue weighted by molar-refractivity contribution is 0.459. The highest BCUT2D eigenvalue weighted by Crippen LogP contribution is 2.27. The Morgan fingerprint density at radius 1 is 1.44 bits per heavy atom. The maximum atomic E-state index is 6.05. The second kappa shape index (κ2) is 6.19. The Hall–Kier alpha value is -1.09. The molecule has 18 heavy (non-hydrogen) atoms. The second-order valence-corrected chi connectivity index (χ2v) is 5.40. The minimum absolute atomic E-state index is 0.0546. The van der Waals surface area contributed by atoms with Crippen LogP contribution in [0.5, 0.6) is 0 Å². The highest BCUT2D eigenvalue weighted by atomic mass is 15.2. The number of hydrogen-bond donors (Lipinski definition) is 1. The van der Waals surface area contributed by atoms with Crippen molar-refractivity contribution in [3.8, 4) is 0 Å². The van der Waals surface area contributed by atoms with E-state index in [1.807, 2.05) is 19.2 Å². The largest absolute Gasteiger partial charge is 0.356 e. The Morgan fingerprint density at radius 2 is 2.28 bits per heavy atom. The summed E-state index contributed by atoms with van der Waals surface area (Å²) < 4.78 is 0. The molecule has 100 valence electrons. The zero-order chi connectivity index (χ0) is 13.0. The lowest BCUT2D eigenvalue weighted by Gasteiger charge is -2.25. The molecule has 0 radical (unpaired) electrons. The Bertz CT molecular complexity index is 376. The van der Waals surface area contributed by atoms with Gasteiger partial charge in [-0.25, -0.2) is 4.98 Å². The van der Waals surface area contributed by atoms with Gasteiger partial charge >= 0.3 is 0 Å². The number of nitrogens with zero attached hydrogens (tertiary/aromatic N) is 2. The molecule has 0 aliphatic carbocycles. The molecule has 1 aromatic rings. The molecule has 1 unspecified atom stereocenters. The topological polar surface area (TPSA) is 42.2 Å². The molecule has 0 spiro atoms. The molecular formula is C15H25N3. The molecule has 0 bridgehead atoms. The summed E-state index contributed by atoms with van der Waals surface area (Å²) in [5.74, 6) is 1.99. The van der Waals surface area contributed by atoms with Crippen LogP contribution in [0.15, 0.2) is 18.3 Å². The monoisotopic (exact) mass is 247 g/mol. The van der Waals surface area contributed by atoms with Gasteiger partial charge in [-0.3, -0.25) is 0 Å². The Labute approximate surface area is 110 Å². The van der Waals surface area contributed by atoms with Gasteiger partial charge in [-0.1, -0.05) is 19.4 Å². The predicted octanol–water partition coefficient (Wildman–Crippen LogP) is 3.12. The minimum atomic E-state index is 0.0546. The first-order valence-electron chi connectivity index (χ1n) is 7.17. The number of rotatable bonds is 3. The molecule has 2 rings (SSSR count). The first-order chi connectivity index (χ1) is 8.72. The zero-order valence-corrected chi connectivity index (χ0v) is 11.6. The molecule has 0 amide bonds. The van der Waals surface area contributed by atoms with E-state index >= 15 is 0 Å². The summed E-state index contributed by atoms with van der Waals surface area (Å²) in [7, 11) is 0. The van der Waals surface area contributed by atoms with Crippen molar-refractivity contribution in [3.05, 3.63) is 23.9 Å². The summed E-state index contributed by atoms with van der Waals surface area (Å²) in [6, 6.07) is 4.14. The highest BCUT2D eigenvalue weighted by molar-refractivity contribution is 5.48.